The third-order valence-electron chi connectivity index (χ3n) is 3.68. The lowest BCUT2D eigenvalue weighted by Gasteiger charge is -2.34. The van der Waals surface area contributed by atoms with E-state index in [2.05, 4.69) is 0 Å². The van der Waals surface area contributed by atoms with Crippen LogP contribution in [0.5, 0.6) is 0 Å². The molecule has 0 radical (unpaired) electrons. The summed E-state index contributed by atoms with van der Waals surface area (Å²) in [6.07, 6.45) is 3.16. The standard InChI is InChI=1S/C13H18N2O3S/c1-9-6-7-10(8-12(9)19(14,17)18)13(16)15(2)11-4-3-5-11/h6-8,11H,3-5H2,1-2H3,(H2,14,17,18). The summed E-state index contributed by atoms with van der Waals surface area (Å²) in [5, 5.41) is 5.15. The first-order chi connectivity index (χ1) is 8.80. The van der Waals surface area contributed by atoms with Gasteiger partial charge in [0.25, 0.3) is 5.91 Å². The van der Waals surface area contributed by atoms with Crippen LogP contribution in [-0.2, 0) is 10.0 Å². The lowest BCUT2D eigenvalue weighted by molar-refractivity contribution is 0.0652. The normalized spacial score (nSPS) is 15.9. The average molecular weight is 282 g/mol. The van der Waals surface area contributed by atoms with Crippen LogP contribution in [0.2, 0.25) is 0 Å². The Hall–Kier alpha value is -1.40. The molecule has 1 saturated carbocycles. The molecule has 2 N–H and O–H groups in total. The van der Waals surface area contributed by atoms with E-state index in [1.807, 2.05) is 0 Å². The number of hydrogen-bond donors (Lipinski definition) is 1. The lowest BCUT2D eigenvalue weighted by atomic mass is 9.91. The van der Waals surface area contributed by atoms with Crippen LogP contribution in [-0.4, -0.2) is 32.3 Å². The van der Waals surface area contributed by atoms with E-state index >= 15 is 0 Å². The van der Waals surface area contributed by atoms with Gasteiger partial charge in [0, 0.05) is 18.7 Å². The van der Waals surface area contributed by atoms with E-state index in [-0.39, 0.29) is 16.8 Å². The van der Waals surface area contributed by atoms with Gasteiger partial charge in [-0.2, -0.15) is 0 Å². The van der Waals surface area contributed by atoms with Gasteiger partial charge < -0.3 is 4.90 Å². The highest BCUT2D eigenvalue weighted by Crippen LogP contribution is 2.25. The van der Waals surface area contributed by atoms with Crippen LogP contribution >= 0.6 is 0 Å². The molecule has 1 amide bonds. The Morgan fingerprint density at radius 2 is 2.00 bits per heavy atom. The van der Waals surface area contributed by atoms with Crippen LogP contribution in [0, 0.1) is 6.92 Å². The maximum atomic E-state index is 12.3. The Balaban J connectivity index is 2.33. The number of rotatable bonds is 3. The maximum absolute atomic E-state index is 12.3. The molecule has 1 fully saturated rings. The number of nitrogens with two attached hydrogens (primary N) is 1. The monoisotopic (exact) mass is 282 g/mol. The van der Waals surface area contributed by atoms with Crippen LogP contribution in [0.15, 0.2) is 23.1 Å². The number of primary sulfonamides is 1. The predicted molar refractivity (Wildman–Crippen MR) is 72.3 cm³/mol. The van der Waals surface area contributed by atoms with E-state index in [4.69, 9.17) is 5.14 Å². The molecule has 19 heavy (non-hydrogen) atoms. The highest BCUT2D eigenvalue weighted by Gasteiger charge is 2.27. The fourth-order valence-electron chi connectivity index (χ4n) is 2.18. The third kappa shape index (κ3) is 2.79. The second-order valence-corrected chi connectivity index (χ2v) is 6.56. The summed E-state index contributed by atoms with van der Waals surface area (Å²) in [4.78, 5) is 14.0. The van der Waals surface area contributed by atoms with Gasteiger partial charge in [-0.15, -0.1) is 0 Å². The molecular weight excluding hydrogens is 264 g/mol. The molecule has 1 aliphatic carbocycles. The topological polar surface area (TPSA) is 80.5 Å². The van der Waals surface area contributed by atoms with Gasteiger partial charge in [0.1, 0.15) is 0 Å². The van der Waals surface area contributed by atoms with Crippen molar-refractivity contribution in [2.45, 2.75) is 37.1 Å². The zero-order chi connectivity index (χ0) is 14.2. The minimum absolute atomic E-state index is 0.0142. The van der Waals surface area contributed by atoms with Gasteiger partial charge in [0.15, 0.2) is 0 Å². The number of aryl methyl sites for hydroxylation is 1. The fourth-order valence-corrected chi connectivity index (χ4v) is 2.99. The van der Waals surface area contributed by atoms with Crippen LogP contribution in [0.4, 0.5) is 0 Å². The van der Waals surface area contributed by atoms with Gasteiger partial charge in [0.2, 0.25) is 10.0 Å². The van der Waals surface area contributed by atoms with Crippen molar-refractivity contribution >= 4 is 15.9 Å². The Bertz CT molecular complexity index is 606. The summed E-state index contributed by atoms with van der Waals surface area (Å²) >= 11 is 0. The molecule has 1 aromatic rings. The zero-order valence-electron chi connectivity index (χ0n) is 11.1. The Kier molecular flexibility index (Phi) is 3.64. The van der Waals surface area contributed by atoms with Crippen LogP contribution in [0.3, 0.4) is 0 Å². The molecule has 104 valence electrons. The number of sulfonamides is 1. The summed E-state index contributed by atoms with van der Waals surface area (Å²) in [6.45, 7) is 1.66. The molecule has 1 aliphatic rings. The van der Waals surface area contributed by atoms with Gasteiger partial charge in [-0.05, 0) is 43.9 Å². The molecule has 6 heteroatoms. The molecule has 2 rings (SSSR count). The lowest BCUT2D eigenvalue weighted by Crippen LogP contribution is -2.41. The Morgan fingerprint density at radius 1 is 1.37 bits per heavy atom. The molecule has 0 spiro atoms. The molecule has 0 bridgehead atoms. The summed E-state index contributed by atoms with van der Waals surface area (Å²) in [7, 11) is -2.05. The molecule has 0 atom stereocenters. The molecule has 0 unspecified atom stereocenters. The number of hydrogen-bond acceptors (Lipinski definition) is 3. The van der Waals surface area contributed by atoms with Gasteiger partial charge in [-0.3, -0.25) is 4.79 Å². The van der Waals surface area contributed by atoms with Crippen LogP contribution in [0.1, 0.15) is 35.2 Å². The van der Waals surface area contributed by atoms with Gasteiger partial charge in [-0.25, -0.2) is 13.6 Å². The van der Waals surface area contributed by atoms with Crippen molar-refractivity contribution in [3.63, 3.8) is 0 Å². The molecule has 5 nitrogen and oxygen atoms in total. The maximum Gasteiger partial charge on any atom is 0.253 e. The van der Waals surface area contributed by atoms with E-state index in [9.17, 15) is 13.2 Å². The van der Waals surface area contributed by atoms with Gasteiger partial charge in [0.05, 0.1) is 4.90 Å². The molecule has 0 saturated heterocycles. The molecule has 0 aromatic heterocycles. The summed E-state index contributed by atoms with van der Waals surface area (Å²) in [5.74, 6) is -0.158. The van der Waals surface area contributed by atoms with Gasteiger partial charge in [-0.1, -0.05) is 6.07 Å². The first-order valence-electron chi connectivity index (χ1n) is 6.21. The van der Waals surface area contributed by atoms with Crippen LogP contribution in [0.25, 0.3) is 0 Å². The summed E-state index contributed by atoms with van der Waals surface area (Å²) in [6, 6.07) is 4.89. The second-order valence-electron chi connectivity index (χ2n) is 5.03. The molecule has 1 aromatic carbocycles. The smallest absolute Gasteiger partial charge is 0.253 e. The largest absolute Gasteiger partial charge is 0.339 e. The number of nitrogens with zero attached hydrogens (tertiary/aromatic N) is 1. The summed E-state index contributed by atoms with van der Waals surface area (Å²) < 4.78 is 22.9. The van der Waals surface area contributed by atoms with E-state index in [1.165, 1.54) is 6.07 Å². The number of carbonyl (C=O) groups is 1. The Morgan fingerprint density at radius 3 is 2.47 bits per heavy atom. The predicted octanol–water partition coefficient (Wildman–Crippen LogP) is 1.27. The molecule has 0 aliphatic heterocycles. The molecular formula is C13H18N2O3S. The third-order valence-corrected chi connectivity index (χ3v) is 4.74. The Labute approximate surface area is 113 Å². The van der Waals surface area contributed by atoms with Crippen molar-refractivity contribution in [2.24, 2.45) is 5.14 Å². The quantitative estimate of drug-likeness (QED) is 0.906. The first-order valence-corrected chi connectivity index (χ1v) is 7.76. The fraction of sp³-hybridized carbons (Fsp3) is 0.462. The minimum atomic E-state index is -3.80. The average Bonchev–Trinajstić information content (AvgIpc) is 2.24. The van der Waals surface area contributed by atoms with E-state index in [0.29, 0.717) is 11.1 Å². The van der Waals surface area contributed by atoms with Gasteiger partial charge >= 0.3 is 0 Å². The first kappa shape index (κ1) is 14.0. The highest BCUT2D eigenvalue weighted by molar-refractivity contribution is 7.89. The van der Waals surface area contributed by atoms with E-state index in [0.717, 1.165) is 19.3 Å². The SMILES string of the molecule is Cc1ccc(C(=O)N(C)C2CCC2)cc1S(N)(=O)=O. The van der Waals surface area contributed by atoms with Crippen molar-refractivity contribution in [1.82, 2.24) is 4.90 Å². The number of carbonyl (C=O) groups excluding carboxylic acids is 1. The van der Waals surface area contributed by atoms with Crippen molar-refractivity contribution in [2.75, 3.05) is 7.05 Å². The highest BCUT2D eigenvalue weighted by atomic mass is 32.2. The number of amides is 1. The summed E-state index contributed by atoms with van der Waals surface area (Å²) in [5.41, 5.74) is 0.911. The van der Waals surface area contributed by atoms with Crippen molar-refractivity contribution < 1.29 is 13.2 Å². The van der Waals surface area contributed by atoms with E-state index < -0.39 is 10.0 Å². The van der Waals surface area contributed by atoms with Crippen LogP contribution < -0.4 is 5.14 Å². The molecule has 0 heterocycles. The second kappa shape index (κ2) is 4.94. The van der Waals surface area contributed by atoms with Crippen molar-refractivity contribution in [3.8, 4) is 0 Å². The minimum Gasteiger partial charge on any atom is -0.339 e. The number of benzene rings is 1. The van der Waals surface area contributed by atoms with Crippen molar-refractivity contribution in [3.05, 3.63) is 29.3 Å². The van der Waals surface area contributed by atoms with Crippen molar-refractivity contribution in [1.29, 1.82) is 0 Å². The zero-order valence-corrected chi connectivity index (χ0v) is 11.9. The van der Waals surface area contributed by atoms with E-state index in [1.54, 1.807) is 31.0 Å².